The number of aryl methyl sites for hydroxylation is 1. The van der Waals surface area contributed by atoms with Crippen LogP contribution in [0.25, 0.3) is 0 Å². The van der Waals surface area contributed by atoms with Crippen LogP contribution in [0.1, 0.15) is 34.0 Å². The Labute approximate surface area is 148 Å². The Hall–Kier alpha value is -2.18. The highest BCUT2D eigenvalue weighted by atomic mass is 16.4. The van der Waals surface area contributed by atoms with E-state index in [1.54, 1.807) is 13.2 Å². The number of oxazole rings is 1. The maximum atomic E-state index is 11.6. The topological polar surface area (TPSA) is 61.6 Å². The van der Waals surface area contributed by atoms with Gasteiger partial charge in [0.1, 0.15) is 5.76 Å². The fraction of sp³-hybridized carbons (Fsp3) is 0.474. The average molecular weight is 342 g/mol. The number of likely N-dealkylation sites (N-methyl/N-ethyl adjacent to an activating group) is 1. The van der Waals surface area contributed by atoms with Crippen molar-refractivity contribution in [3.8, 4) is 0 Å². The molecule has 3 rings (SSSR count). The molecule has 2 aromatic rings. The quantitative estimate of drug-likeness (QED) is 0.871. The van der Waals surface area contributed by atoms with Gasteiger partial charge in [0.15, 0.2) is 0 Å². The third kappa shape index (κ3) is 4.46. The normalized spacial score (nSPS) is 18.0. The molecule has 0 unspecified atom stereocenters. The van der Waals surface area contributed by atoms with Crippen LogP contribution in [-0.4, -0.2) is 53.9 Å². The van der Waals surface area contributed by atoms with Crippen LogP contribution in [0.5, 0.6) is 0 Å². The van der Waals surface area contributed by atoms with Gasteiger partial charge in [-0.2, -0.15) is 0 Å². The number of carbonyl (C=O) groups excluding carboxylic acids is 1. The maximum absolute atomic E-state index is 11.6. The highest BCUT2D eigenvalue weighted by molar-refractivity contribution is 5.93. The summed E-state index contributed by atoms with van der Waals surface area (Å²) in [5.41, 5.74) is 1.94. The zero-order valence-corrected chi connectivity index (χ0v) is 15.2. The molecule has 0 bridgehead atoms. The number of benzene rings is 1. The molecule has 1 fully saturated rings. The smallest absolute Gasteiger partial charge is 0.251 e. The standard InChI is InChI=1S/C19H26N4O2/c1-14-10-21-18(25-14)13-22(3)17-8-9-23(12-17)11-15-4-6-16(7-5-15)19(24)20-2/h4-7,10,17H,8-9,11-13H2,1-3H3,(H,20,24)/t17-/m0/s1. The fourth-order valence-corrected chi connectivity index (χ4v) is 3.30. The third-order valence-corrected chi connectivity index (χ3v) is 4.77. The van der Waals surface area contributed by atoms with Crippen molar-refractivity contribution in [1.29, 1.82) is 0 Å². The van der Waals surface area contributed by atoms with E-state index in [2.05, 4.69) is 27.1 Å². The first-order chi connectivity index (χ1) is 12.0. The summed E-state index contributed by atoms with van der Waals surface area (Å²) in [6.45, 7) is 5.69. The minimum absolute atomic E-state index is 0.0452. The lowest BCUT2D eigenvalue weighted by Gasteiger charge is -2.23. The van der Waals surface area contributed by atoms with E-state index in [-0.39, 0.29) is 5.91 Å². The highest BCUT2D eigenvalue weighted by Crippen LogP contribution is 2.19. The lowest BCUT2D eigenvalue weighted by atomic mass is 10.1. The van der Waals surface area contributed by atoms with E-state index in [1.807, 2.05) is 31.2 Å². The Kier molecular flexibility index (Phi) is 5.50. The van der Waals surface area contributed by atoms with Crippen molar-refractivity contribution in [1.82, 2.24) is 20.1 Å². The van der Waals surface area contributed by atoms with Crippen molar-refractivity contribution in [2.75, 3.05) is 27.2 Å². The zero-order chi connectivity index (χ0) is 17.8. The Bertz CT molecular complexity index is 710. The molecule has 134 valence electrons. The van der Waals surface area contributed by atoms with Crippen LogP contribution < -0.4 is 5.32 Å². The molecule has 0 saturated carbocycles. The average Bonchev–Trinajstić information content (AvgIpc) is 3.24. The third-order valence-electron chi connectivity index (χ3n) is 4.77. The molecule has 1 aromatic heterocycles. The van der Waals surface area contributed by atoms with E-state index in [1.165, 1.54) is 5.56 Å². The SMILES string of the molecule is CNC(=O)c1ccc(CN2CC[C@H](N(C)Cc3ncc(C)o3)C2)cc1. The molecule has 1 saturated heterocycles. The van der Waals surface area contributed by atoms with Crippen molar-refractivity contribution in [3.05, 3.63) is 53.2 Å². The number of nitrogens with one attached hydrogen (secondary N) is 1. The molecule has 1 aromatic carbocycles. The van der Waals surface area contributed by atoms with Crippen LogP contribution in [0.2, 0.25) is 0 Å². The Morgan fingerprint density at radius 1 is 1.40 bits per heavy atom. The number of likely N-dealkylation sites (tertiary alicyclic amines) is 1. The van der Waals surface area contributed by atoms with Crippen LogP contribution in [0.15, 0.2) is 34.9 Å². The fourth-order valence-electron chi connectivity index (χ4n) is 3.30. The summed E-state index contributed by atoms with van der Waals surface area (Å²) >= 11 is 0. The second-order valence-electron chi connectivity index (χ2n) is 6.73. The summed E-state index contributed by atoms with van der Waals surface area (Å²) in [4.78, 5) is 20.7. The number of hydrogen-bond donors (Lipinski definition) is 1. The largest absolute Gasteiger partial charge is 0.445 e. The number of nitrogens with zero attached hydrogens (tertiary/aromatic N) is 3. The first kappa shape index (κ1) is 17.6. The maximum Gasteiger partial charge on any atom is 0.251 e. The van der Waals surface area contributed by atoms with Crippen molar-refractivity contribution >= 4 is 5.91 Å². The lowest BCUT2D eigenvalue weighted by molar-refractivity contribution is 0.0963. The summed E-state index contributed by atoms with van der Waals surface area (Å²) < 4.78 is 5.58. The number of aromatic nitrogens is 1. The van der Waals surface area contributed by atoms with Gasteiger partial charge in [-0.05, 0) is 38.1 Å². The minimum Gasteiger partial charge on any atom is -0.445 e. The molecule has 2 heterocycles. The van der Waals surface area contributed by atoms with E-state index < -0.39 is 0 Å². The first-order valence-corrected chi connectivity index (χ1v) is 8.70. The summed E-state index contributed by atoms with van der Waals surface area (Å²) in [6, 6.07) is 8.36. The molecule has 6 heteroatoms. The molecule has 0 spiro atoms. The molecule has 25 heavy (non-hydrogen) atoms. The van der Waals surface area contributed by atoms with Crippen molar-refractivity contribution in [2.24, 2.45) is 0 Å². The van der Waals surface area contributed by atoms with E-state index >= 15 is 0 Å². The van der Waals surface area contributed by atoms with Crippen molar-refractivity contribution in [2.45, 2.75) is 32.5 Å². The molecule has 0 radical (unpaired) electrons. The summed E-state index contributed by atoms with van der Waals surface area (Å²) in [5, 5.41) is 2.65. The second kappa shape index (κ2) is 7.80. The van der Waals surface area contributed by atoms with Crippen molar-refractivity contribution < 1.29 is 9.21 Å². The van der Waals surface area contributed by atoms with E-state index in [4.69, 9.17) is 4.42 Å². The van der Waals surface area contributed by atoms with Gasteiger partial charge in [0, 0.05) is 38.3 Å². The van der Waals surface area contributed by atoms with Gasteiger partial charge in [0.2, 0.25) is 5.89 Å². The summed E-state index contributed by atoms with van der Waals surface area (Å²) in [5.74, 6) is 1.59. The molecule has 6 nitrogen and oxygen atoms in total. The zero-order valence-electron chi connectivity index (χ0n) is 15.2. The van der Waals surface area contributed by atoms with Crippen LogP contribution in [-0.2, 0) is 13.1 Å². The van der Waals surface area contributed by atoms with Gasteiger partial charge in [-0.25, -0.2) is 4.98 Å². The molecular weight excluding hydrogens is 316 g/mol. The van der Waals surface area contributed by atoms with Gasteiger partial charge >= 0.3 is 0 Å². The minimum atomic E-state index is -0.0452. The van der Waals surface area contributed by atoms with E-state index in [0.29, 0.717) is 11.6 Å². The first-order valence-electron chi connectivity index (χ1n) is 8.70. The van der Waals surface area contributed by atoms with Gasteiger partial charge in [-0.1, -0.05) is 12.1 Å². The molecular formula is C19H26N4O2. The molecule has 0 aliphatic carbocycles. The summed E-state index contributed by atoms with van der Waals surface area (Å²) in [6.07, 6.45) is 2.92. The number of carbonyl (C=O) groups is 1. The van der Waals surface area contributed by atoms with Gasteiger partial charge in [-0.15, -0.1) is 0 Å². The lowest BCUT2D eigenvalue weighted by Crippen LogP contribution is -2.34. The predicted octanol–water partition coefficient (Wildman–Crippen LogP) is 2.05. The Morgan fingerprint density at radius 3 is 2.80 bits per heavy atom. The van der Waals surface area contributed by atoms with E-state index in [9.17, 15) is 4.79 Å². The molecule has 1 amide bonds. The van der Waals surface area contributed by atoms with Crippen LogP contribution in [0, 0.1) is 6.92 Å². The number of hydrogen-bond acceptors (Lipinski definition) is 5. The van der Waals surface area contributed by atoms with Crippen LogP contribution >= 0.6 is 0 Å². The van der Waals surface area contributed by atoms with Crippen LogP contribution in [0.3, 0.4) is 0 Å². The van der Waals surface area contributed by atoms with Gasteiger partial charge < -0.3 is 9.73 Å². The van der Waals surface area contributed by atoms with E-state index in [0.717, 1.165) is 44.3 Å². The highest BCUT2D eigenvalue weighted by Gasteiger charge is 2.26. The molecule has 1 aliphatic heterocycles. The molecule has 1 N–H and O–H groups in total. The molecule has 1 aliphatic rings. The summed E-state index contributed by atoms with van der Waals surface area (Å²) in [7, 11) is 3.78. The van der Waals surface area contributed by atoms with Crippen molar-refractivity contribution in [3.63, 3.8) is 0 Å². The second-order valence-corrected chi connectivity index (χ2v) is 6.73. The molecule has 1 atom stereocenters. The van der Waals surface area contributed by atoms with Gasteiger partial charge in [0.05, 0.1) is 12.7 Å². The predicted molar refractivity (Wildman–Crippen MR) is 96.2 cm³/mol. The Balaban J connectivity index is 1.51. The Morgan fingerprint density at radius 2 is 2.16 bits per heavy atom. The van der Waals surface area contributed by atoms with Crippen LogP contribution in [0.4, 0.5) is 0 Å². The number of amides is 1. The monoisotopic (exact) mass is 342 g/mol. The van der Waals surface area contributed by atoms with Gasteiger partial charge in [0.25, 0.3) is 5.91 Å². The van der Waals surface area contributed by atoms with Gasteiger partial charge in [-0.3, -0.25) is 14.6 Å². The number of rotatable bonds is 6.